The SMILES string of the molecule is C=C(C)C1CC[C@]2(COC(=O)CCC[n+]3ccccc3)CC[C@]3(C)C(CCC4[C@@]5(C)CC[C@H](OC(=O)CCC[n+]6ccccc6)C(C)(C)C5CC[C@]43C)C12. The summed E-state index contributed by atoms with van der Waals surface area (Å²) in [6, 6.07) is 12.2. The van der Waals surface area contributed by atoms with Gasteiger partial charge in [0.25, 0.3) is 0 Å². The number of carbonyl (C=O) groups is 2. The second-order valence-corrected chi connectivity index (χ2v) is 20.0. The van der Waals surface area contributed by atoms with E-state index in [1.54, 1.807) is 0 Å². The maximum absolute atomic E-state index is 13.2. The summed E-state index contributed by atoms with van der Waals surface area (Å²) >= 11 is 0. The third kappa shape index (κ3) is 6.88. The van der Waals surface area contributed by atoms with Crippen molar-refractivity contribution in [2.24, 2.45) is 56.7 Å². The van der Waals surface area contributed by atoms with Crippen molar-refractivity contribution in [3.8, 4) is 0 Å². The van der Waals surface area contributed by atoms with Gasteiger partial charge in [0.05, 0.1) is 19.4 Å². The van der Waals surface area contributed by atoms with Crippen LogP contribution in [0.25, 0.3) is 0 Å². The van der Waals surface area contributed by atoms with Gasteiger partial charge in [0.15, 0.2) is 24.8 Å². The number of nitrogens with zero attached hydrogens (tertiary/aromatic N) is 2. The highest BCUT2D eigenvalue weighted by molar-refractivity contribution is 5.69. The van der Waals surface area contributed by atoms with E-state index >= 15 is 0 Å². The molecule has 2 aromatic rings. The quantitative estimate of drug-likeness (QED) is 0.124. The van der Waals surface area contributed by atoms with Crippen molar-refractivity contribution in [3.63, 3.8) is 0 Å². The van der Waals surface area contributed by atoms with Crippen LogP contribution in [0, 0.1) is 56.7 Å². The van der Waals surface area contributed by atoms with Crippen molar-refractivity contribution < 1.29 is 28.2 Å². The molecule has 6 nitrogen and oxygen atoms in total. The summed E-state index contributed by atoms with van der Waals surface area (Å²) in [6.45, 7) is 21.9. The topological polar surface area (TPSA) is 60.4 Å². The Balaban J connectivity index is 1.03. The zero-order chi connectivity index (χ0) is 38.4. The minimum absolute atomic E-state index is 0.0198. The van der Waals surface area contributed by atoms with Crippen molar-refractivity contribution in [2.45, 2.75) is 151 Å². The van der Waals surface area contributed by atoms with Crippen LogP contribution in [-0.2, 0) is 32.2 Å². The molecule has 0 amide bonds. The number of esters is 2. The van der Waals surface area contributed by atoms with E-state index in [2.05, 4.69) is 82.0 Å². The van der Waals surface area contributed by atoms with Crippen molar-refractivity contribution in [2.75, 3.05) is 6.61 Å². The molecule has 5 saturated carbocycles. The van der Waals surface area contributed by atoms with Crippen LogP contribution in [-0.4, -0.2) is 24.6 Å². The van der Waals surface area contributed by atoms with Gasteiger partial charge >= 0.3 is 11.9 Å². The summed E-state index contributed by atoms with van der Waals surface area (Å²) in [6.07, 6.45) is 22.5. The van der Waals surface area contributed by atoms with E-state index in [9.17, 15) is 9.59 Å². The average molecular weight is 739 g/mol. The first-order chi connectivity index (χ1) is 25.7. The van der Waals surface area contributed by atoms with Crippen molar-refractivity contribution in [1.29, 1.82) is 0 Å². The van der Waals surface area contributed by atoms with E-state index in [1.807, 2.05) is 36.4 Å². The molecule has 0 radical (unpaired) electrons. The summed E-state index contributed by atoms with van der Waals surface area (Å²) < 4.78 is 16.9. The van der Waals surface area contributed by atoms with E-state index in [4.69, 9.17) is 9.47 Å². The first-order valence-corrected chi connectivity index (χ1v) is 21.6. The van der Waals surface area contributed by atoms with Crippen LogP contribution in [0.15, 0.2) is 73.3 Å². The van der Waals surface area contributed by atoms with Gasteiger partial charge in [-0.25, -0.2) is 9.13 Å². The summed E-state index contributed by atoms with van der Waals surface area (Å²) in [5.74, 6) is 2.76. The minimum Gasteiger partial charge on any atom is -0.465 e. The van der Waals surface area contributed by atoms with E-state index in [1.165, 1.54) is 44.1 Å². The van der Waals surface area contributed by atoms with Gasteiger partial charge in [-0.05, 0) is 117 Å². The molecule has 0 spiro atoms. The fraction of sp³-hybridized carbons (Fsp3) is 0.708. The highest BCUT2D eigenvalue weighted by atomic mass is 16.5. The highest BCUT2D eigenvalue weighted by Crippen LogP contribution is 2.77. The number of hydrogen-bond acceptors (Lipinski definition) is 4. The number of pyridine rings is 2. The van der Waals surface area contributed by atoms with Crippen molar-refractivity contribution in [1.82, 2.24) is 0 Å². The molecule has 54 heavy (non-hydrogen) atoms. The largest absolute Gasteiger partial charge is 0.465 e. The number of aryl methyl sites for hydroxylation is 2. The smallest absolute Gasteiger partial charge is 0.306 e. The molecule has 6 heteroatoms. The predicted molar refractivity (Wildman–Crippen MR) is 212 cm³/mol. The molecule has 0 saturated heterocycles. The van der Waals surface area contributed by atoms with Crippen LogP contribution >= 0.6 is 0 Å². The maximum Gasteiger partial charge on any atom is 0.306 e. The van der Waals surface area contributed by atoms with Crippen LogP contribution in [0.3, 0.4) is 0 Å². The van der Waals surface area contributed by atoms with Crippen LogP contribution in [0.2, 0.25) is 0 Å². The van der Waals surface area contributed by atoms with Gasteiger partial charge in [0, 0.05) is 47.9 Å². The molecule has 5 unspecified atom stereocenters. The summed E-state index contributed by atoms with van der Waals surface area (Å²) in [7, 11) is 0. The highest BCUT2D eigenvalue weighted by Gasteiger charge is 2.71. The van der Waals surface area contributed by atoms with E-state index < -0.39 is 0 Å². The molecule has 0 bridgehead atoms. The van der Waals surface area contributed by atoms with Crippen LogP contribution in [0.1, 0.15) is 131 Å². The Hall–Kier alpha value is -3.02. The molecule has 5 aliphatic rings. The number of aromatic nitrogens is 2. The van der Waals surface area contributed by atoms with Crippen LogP contribution < -0.4 is 9.13 Å². The van der Waals surface area contributed by atoms with Crippen LogP contribution in [0.4, 0.5) is 0 Å². The first kappa shape index (κ1) is 39.2. The Bertz CT molecular complexity index is 1660. The van der Waals surface area contributed by atoms with Crippen molar-refractivity contribution >= 4 is 11.9 Å². The molecule has 0 aliphatic heterocycles. The fourth-order valence-electron chi connectivity index (χ4n) is 14.2. The molecule has 294 valence electrons. The number of hydrogen-bond donors (Lipinski definition) is 0. The average Bonchev–Trinajstić information content (AvgIpc) is 3.53. The molecule has 0 aromatic carbocycles. The summed E-state index contributed by atoms with van der Waals surface area (Å²) in [5.41, 5.74) is 2.04. The number of carbonyl (C=O) groups excluding carboxylic acids is 2. The molecular formula is C48H70N2O4+2. The van der Waals surface area contributed by atoms with E-state index in [0.717, 1.165) is 51.6 Å². The number of rotatable bonds is 12. The van der Waals surface area contributed by atoms with Gasteiger partial charge in [-0.2, -0.15) is 0 Å². The molecule has 10 atom stereocenters. The first-order valence-electron chi connectivity index (χ1n) is 21.6. The zero-order valence-corrected chi connectivity index (χ0v) is 34.5. The number of fused-ring (bicyclic) bond motifs is 7. The molecular weight excluding hydrogens is 669 g/mol. The second kappa shape index (κ2) is 15.1. The Morgan fingerprint density at radius 1 is 0.685 bits per heavy atom. The lowest BCUT2D eigenvalue weighted by molar-refractivity contribution is -0.697. The van der Waals surface area contributed by atoms with Crippen molar-refractivity contribution in [3.05, 3.63) is 73.3 Å². The standard InChI is InChI=1S/C48H70N2O4/c1-35(2)36-20-25-48(34-53-41(51)16-14-32-49-28-10-8-11-29-49)27-26-46(6)37(43(36)48)18-19-39-45(5)23-22-40(44(3,4)38(45)21-24-47(39,46)7)54-42(52)17-15-33-50-30-12-9-13-31-50/h8-13,28-31,36-40,43H,1,14-27,32-34H2,2-7H3/q+2/t36?,37?,38?,39?,40-,43?,45-,46+,47+,48+/m0/s1. The summed E-state index contributed by atoms with van der Waals surface area (Å²) in [4.78, 5) is 26.4. The van der Waals surface area contributed by atoms with Gasteiger partial charge in [0.1, 0.15) is 19.2 Å². The normalized spacial score (nSPS) is 37.9. The van der Waals surface area contributed by atoms with E-state index in [-0.39, 0.29) is 45.1 Å². The van der Waals surface area contributed by atoms with Gasteiger partial charge in [-0.15, -0.1) is 0 Å². The molecule has 7 rings (SSSR count). The zero-order valence-electron chi connectivity index (χ0n) is 34.5. The summed E-state index contributed by atoms with van der Waals surface area (Å²) in [5, 5.41) is 0. The lowest BCUT2D eigenvalue weighted by atomic mass is 9.32. The number of allylic oxidation sites excluding steroid dienone is 1. The monoisotopic (exact) mass is 739 g/mol. The lowest BCUT2D eigenvalue weighted by Gasteiger charge is -2.73. The molecule has 2 heterocycles. The molecule has 2 aromatic heterocycles. The second-order valence-electron chi connectivity index (χ2n) is 20.0. The van der Waals surface area contributed by atoms with E-state index in [0.29, 0.717) is 49.0 Å². The third-order valence-corrected chi connectivity index (χ3v) is 17.1. The Morgan fingerprint density at radius 3 is 1.94 bits per heavy atom. The predicted octanol–water partition coefficient (Wildman–Crippen LogP) is 9.63. The maximum atomic E-state index is 13.2. The number of ether oxygens (including phenoxy) is 2. The van der Waals surface area contributed by atoms with Gasteiger partial charge in [-0.3, -0.25) is 9.59 Å². The molecule has 0 N–H and O–H groups in total. The van der Waals surface area contributed by atoms with Gasteiger partial charge in [0.2, 0.25) is 0 Å². The molecule has 5 fully saturated rings. The Labute approximate surface area is 326 Å². The lowest BCUT2D eigenvalue weighted by Crippen LogP contribution is -2.67. The fourth-order valence-corrected chi connectivity index (χ4v) is 14.2. The third-order valence-electron chi connectivity index (χ3n) is 17.1. The minimum atomic E-state index is -0.0577. The Kier molecular flexibility index (Phi) is 11.0. The van der Waals surface area contributed by atoms with Gasteiger partial charge < -0.3 is 9.47 Å². The molecule has 5 aliphatic carbocycles. The van der Waals surface area contributed by atoms with Gasteiger partial charge in [-0.1, -0.05) is 58.9 Å². The van der Waals surface area contributed by atoms with Crippen LogP contribution in [0.5, 0.6) is 0 Å². The Morgan fingerprint density at radius 2 is 1.31 bits per heavy atom.